The first-order valence-corrected chi connectivity index (χ1v) is 6.42. The van der Waals surface area contributed by atoms with Gasteiger partial charge in [0.2, 0.25) is 0 Å². The van der Waals surface area contributed by atoms with Gasteiger partial charge in [-0.3, -0.25) is 0 Å². The third-order valence-electron chi connectivity index (χ3n) is 3.18. The highest BCUT2D eigenvalue weighted by Crippen LogP contribution is 2.21. The highest BCUT2D eigenvalue weighted by atomic mass is 19.1. The molecule has 1 aliphatic rings. The van der Waals surface area contributed by atoms with Crippen molar-refractivity contribution in [2.45, 2.75) is 39.3 Å². The minimum atomic E-state index is -0.330. The molecule has 0 atom stereocenters. The Hall–Kier alpha value is -1.82. The van der Waals surface area contributed by atoms with Crippen LogP contribution >= 0.6 is 0 Å². The van der Waals surface area contributed by atoms with Crippen molar-refractivity contribution in [3.8, 4) is 5.82 Å². The van der Waals surface area contributed by atoms with E-state index in [4.69, 9.17) is 0 Å². The van der Waals surface area contributed by atoms with Gasteiger partial charge >= 0.3 is 0 Å². The number of halogens is 1. The summed E-state index contributed by atoms with van der Waals surface area (Å²) < 4.78 is 15.9. The Kier molecular flexibility index (Phi) is 3.02. The van der Waals surface area contributed by atoms with Crippen LogP contribution in [-0.4, -0.2) is 25.8 Å². The van der Waals surface area contributed by atoms with Crippen molar-refractivity contribution in [3.05, 3.63) is 35.3 Å². The van der Waals surface area contributed by atoms with Gasteiger partial charge in [-0.15, -0.1) is 5.10 Å². The fraction of sp³-hybridized carbons (Fsp3) is 0.462. The van der Waals surface area contributed by atoms with Gasteiger partial charge in [-0.1, -0.05) is 0 Å². The van der Waals surface area contributed by atoms with Crippen molar-refractivity contribution >= 4 is 0 Å². The average molecular weight is 261 g/mol. The number of rotatable bonds is 4. The van der Waals surface area contributed by atoms with Crippen LogP contribution in [0.2, 0.25) is 0 Å². The Bertz CT molecular complexity index is 603. The van der Waals surface area contributed by atoms with Gasteiger partial charge in [0.1, 0.15) is 11.6 Å². The Labute approximate surface area is 110 Å². The topological polar surface area (TPSA) is 55.6 Å². The molecule has 1 aliphatic carbocycles. The summed E-state index contributed by atoms with van der Waals surface area (Å²) in [7, 11) is 0. The highest BCUT2D eigenvalue weighted by molar-refractivity contribution is 5.30. The second-order valence-electron chi connectivity index (χ2n) is 4.88. The summed E-state index contributed by atoms with van der Waals surface area (Å²) in [5, 5.41) is 7.47. The molecule has 0 bridgehead atoms. The first kappa shape index (κ1) is 12.2. The van der Waals surface area contributed by atoms with Gasteiger partial charge < -0.3 is 5.32 Å². The lowest BCUT2D eigenvalue weighted by Crippen LogP contribution is -2.17. The SMILES string of the molecule is Cc1nc(C)n(-c2nccc(CNC3CC3)c2F)n1. The van der Waals surface area contributed by atoms with E-state index in [9.17, 15) is 4.39 Å². The number of hydrogen-bond acceptors (Lipinski definition) is 4. The fourth-order valence-electron chi connectivity index (χ4n) is 2.02. The van der Waals surface area contributed by atoms with Crippen LogP contribution in [-0.2, 0) is 6.54 Å². The first-order valence-electron chi connectivity index (χ1n) is 6.42. The van der Waals surface area contributed by atoms with E-state index in [2.05, 4.69) is 20.4 Å². The van der Waals surface area contributed by atoms with E-state index in [-0.39, 0.29) is 11.6 Å². The summed E-state index contributed by atoms with van der Waals surface area (Å²) in [6.07, 6.45) is 3.97. The first-order chi connectivity index (χ1) is 9.15. The number of pyridine rings is 1. The van der Waals surface area contributed by atoms with E-state index in [0.717, 1.165) is 0 Å². The molecule has 2 heterocycles. The summed E-state index contributed by atoms with van der Waals surface area (Å²) in [6.45, 7) is 4.09. The molecule has 0 aromatic carbocycles. The van der Waals surface area contributed by atoms with Gasteiger partial charge in [0, 0.05) is 24.3 Å². The summed E-state index contributed by atoms with van der Waals surface area (Å²) in [5.74, 6) is 1.13. The van der Waals surface area contributed by atoms with Crippen LogP contribution in [0.5, 0.6) is 0 Å². The minimum Gasteiger partial charge on any atom is -0.310 e. The van der Waals surface area contributed by atoms with Crippen molar-refractivity contribution in [1.82, 2.24) is 25.1 Å². The lowest BCUT2D eigenvalue weighted by molar-refractivity contribution is 0.564. The molecule has 0 amide bonds. The molecule has 1 fully saturated rings. The number of aryl methyl sites for hydroxylation is 2. The van der Waals surface area contributed by atoms with Crippen molar-refractivity contribution in [1.29, 1.82) is 0 Å². The molecular weight excluding hydrogens is 245 g/mol. The van der Waals surface area contributed by atoms with E-state index in [1.165, 1.54) is 17.5 Å². The van der Waals surface area contributed by atoms with Crippen LogP contribution in [0, 0.1) is 19.7 Å². The van der Waals surface area contributed by atoms with Crippen LogP contribution in [0.4, 0.5) is 4.39 Å². The molecular formula is C13H16FN5. The van der Waals surface area contributed by atoms with Crippen LogP contribution in [0.15, 0.2) is 12.3 Å². The van der Waals surface area contributed by atoms with Crippen molar-refractivity contribution in [2.24, 2.45) is 0 Å². The third-order valence-corrected chi connectivity index (χ3v) is 3.18. The Morgan fingerprint density at radius 2 is 2.21 bits per heavy atom. The summed E-state index contributed by atoms with van der Waals surface area (Å²) in [5.41, 5.74) is 0.615. The monoisotopic (exact) mass is 261 g/mol. The summed E-state index contributed by atoms with van der Waals surface area (Å²) >= 11 is 0. The molecule has 1 N–H and O–H groups in total. The molecule has 0 unspecified atom stereocenters. The molecule has 6 heteroatoms. The molecule has 3 rings (SSSR count). The number of aromatic nitrogens is 4. The van der Waals surface area contributed by atoms with E-state index < -0.39 is 0 Å². The molecule has 0 saturated heterocycles. The third kappa shape index (κ3) is 2.49. The van der Waals surface area contributed by atoms with Crippen molar-refractivity contribution in [3.63, 3.8) is 0 Å². The molecule has 1 saturated carbocycles. The van der Waals surface area contributed by atoms with Crippen LogP contribution in [0.1, 0.15) is 30.1 Å². The van der Waals surface area contributed by atoms with E-state index in [0.29, 0.717) is 29.8 Å². The van der Waals surface area contributed by atoms with Crippen molar-refractivity contribution in [2.75, 3.05) is 0 Å². The number of nitrogens with one attached hydrogen (secondary N) is 1. The van der Waals surface area contributed by atoms with Gasteiger partial charge in [-0.05, 0) is 32.8 Å². The quantitative estimate of drug-likeness (QED) is 0.909. The normalized spacial score (nSPS) is 14.9. The number of nitrogens with zero attached hydrogens (tertiary/aromatic N) is 4. The van der Waals surface area contributed by atoms with Gasteiger partial charge in [0.25, 0.3) is 0 Å². The molecule has 100 valence electrons. The summed E-state index contributed by atoms with van der Waals surface area (Å²) in [4.78, 5) is 8.26. The van der Waals surface area contributed by atoms with Crippen molar-refractivity contribution < 1.29 is 4.39 Å². The lowest BCUT2D eigenvalue weighted by Gasteiger charge is -2.08. The fourth-order valence-corrected chi connectivity index (χ4v) is 2.02. The number of hydrogen-bond donors (Lipinski definition) is 1. The smallest absolute Gasteiger partial charge is 0.191 e. The zero-order valence-corrected chi connectivity index (χ0v) is 11.0. The molecule has 0 aliphatic heterocycles. The largest absolute Gasteiger partial charge is 0.310 e. The maximum Gasteiger partial charge on any atom is 0.191 e. The van der Waals surface area contributed by atoms with Gasteiger partial charge in [-0.2, -0.15) is 4.68 Å². The lowest BCUT2D eigenvalue weighted by atomic mass is 10.2. The average Bonchev–Trinajstić information content (AvgIpc) is 3.13. The molecule has 2 aromatic rings. The van der Waals surface area contributed by atoms with Crippen LogP contribution in [0.25, 0.3) is 5.82 Å². The standard InChI is InChI=1S/C13H16FN5/c1-8-17-9(2)19(18-8)13-12(14)10(5-6-15-13)7-16-11-3-4-11/h5-6,11,16H,3-4,7H2,1-2H3. The van der Waals surface area contributed by atoms with Gasteiger partial charge in [0.15, 0.2) is 11.6 Å². The van der Waals surface area contributed by atoms with Gasteiger partial charge in [0.05, 0.1) is 0 Å². The zero-order valence-electron chi connectivity index (χ0n) is 11.0. The summed E-state index contributed by atoms with van der Waals surface area (Å²) in [6, 6.07) is 2.25. The second-order valence-corrected chi connectivity index (χ2v) is 4.88. The Morgan fingerprint density at radius 3 is 2.84 bits per heavy atom. The van der Waals surface area contributed by atoms with E-state index >= 15 is 0 Å². The Morgan fingerprint density at radius 1 is 1.42 bits per heavy atom. The Balaban J connectivity index is 1.92. The molecule has 0 spiro atoms. The second kappa shape index (κ2) is 4.70. The van der Waals surface area contributed by atoms with Crippen LogP contribution in [0.3, 0.4) is 0 Å². The predicted molar refractivity (Wildman–Crippen MR) is 68.4 cm³/mol. The molecule has 5 nitrogen and oxygen atoms in total. The zero-order chi connectivity index (χ0) is 13.4. The van der Waals surface area contributed by atoms with E-state index in [1.807, 2.05) is 0 Å². The molecule has 19 heavy (non-hydrogen) atoms. The van der Waals surface area contributed by atoms with Gasteiger partial charge in [-0.25, -0.2) is 14.4 Å². The minimum absolute atomic E-state index is 0.216. The van der Waals surface area contributed by atoms with E-state index in [1.54, 1.807) is 26.1 Å². The maximum absolute atomic E-state index is 14.4. The molecule has 0 radical (unpaired) electrons. The molecule has 2 aromatic heterocycles. The van der Waals surface area contributed by atoms with Crippen LogP contribution < -0.4 is 5.32 Å². The maximum atomic E-state index is 14.4. The highest BCUT2D eigenvalue weighted by Gasteiger charge is 2.21. The predicted octanol–water partition coefficient (Wildman–Crippen LogP) is 1.67.